The highest BCUT2D eigenvalue weighted by Crippen LogP contribution is 2.23. The summed E-state index contributed by atoms with van der Waals surface area (Å²) in [5.74, 6) is -0.785. The van der Waals surface area contributed by atoms with E-state index in [-0.39, 0.29) is 18.0 Å². The standard InChI is InChI=1S/C21H18FIN2O3S/c1-29(27,28)25(14-16-4-2-3-5-20(16)22)19-12-6-15(7-13-19)21(26)24-18-10-8-17(23)9-11-18/h2-13H,14H2,1H3,(H,24,26). The summed E-state index contributed by atoms with van der Waals surface area (Å²) in [7, 11) is -3.65. The van der Waals surface area contributed by atoms with Crippen LogP contribution in [0.4, 0.5) is 15.8 Å². The van der Waals surface area contributed by atoms with Gasteiger partial charge in [0.25, 0.3) is 5.91 Å². The van der Waals surface area contributed by atoms with Crippen LogP contribution in [0.1, 0.15) is 15.9 Å². The van der Waals surface area contributed by atoms with Crippen LogP contribution in [-0.2, 0) is 16.6 Å². The molecule has 8 heteroatoms. The number of rotatable bonds is 6. The first-order valence-corrected chi connectivity index (χ1v) is 11.5. The predicted octanol–water partition coefficient (Wildman–Crippen LogP) is 4.65. The Morgan fingerprint density at radius 2 is 1.62 bits per heavy atom. The molecule has 0 saturated heterocycles. The third-order valence-electron chi connectivity index (χ3n) is 4.19. The number of amides is 1. The molecule has 0 unspecified atom stereocenters. The van der Waals surface area contributed by atoms with E-state index in [9.17, 15) is 17.6 Å². The molecule has 1 amide bonds. The third kappa shape index (κ3) is 5.54. The fourth-order valence-electron chi connectivity index (χ4n) is 2.70. The lowest BCUT2D eigenvalue weighted by Gasteiger charge is -2.23. The van der Waals surface area contributed by atoms with Gasteiger partial charge in [0, 0.05) is 20.4 Å². The molecule has 29 heavy (non-hydrogen) atoms. The number of nitrogens with zero attached hydrogens (tertiary/aromatic N) is 1. The van der Waals surface area contributed by atoms with Gasteiger partial charge in [-0.15, -0.1) is 0 Å². The molecule has 1 N–H and O–H groups in total. The highest BCUT2D eigenvalue weighted by molar-refractivity contribution is 14.1. The number of hydrogen-bond acceptors (Lipinski definition) is 3. The first kappa shape index (κ1) is 21.3. The number of benzene rings is 3. The first-order valence-electron chi connectivity index (χ1n) is 8.62. The van der Waals surface area contributed by atoms with E-state index in [4.69, 9.17) is 0 Å². The molecule has 0 aliphatic carbocycles. The van der Waals surface area contributed by atoms with E-state index in [1.165, 1.54) is 36.4 Å². The van der Waals surface area contributed by atoms with Crippen LogP contribution in [0.25, 0.3) is 0 Å². The van der Waals surface area contributed by atoms with Crippen molar-refractivity contribution in [1.29, 1.82) is 0 Å². The molecule has 0 fully saturated rings. The lowest BCUT2D eigenvalue weighted by atomic mass is 10.1. The SMILES string of the molecule is CS(=O)(=O)N(Cc1ccccc1F)c1ccc(C(=O)Nc2ccc(I)cc2)cc1. The number of halogens is 2. The Balaban J connectivity index is 1.81. The smallest absolute Gasteiger partial charge is 0.255 e. The van der Waals surface area contributed by atoms with Crippen molar-refractivity contribution >= 4 is 49.9 Å². The summed E-state index contributed by atoms with van der Waals surface area (Å²) < 4.78 is 40.7. The Morgan fingerprint density at radius 3 is 2.21 bits per heavy atom. The average Bonchev–Trinajstić information content (AvgIpc) is 2.68. The van der Waals surface area contributed by atoms with Gasteiger partial charge in [-0.2, -0.15) is 0 Å². The fraction of sp³-hybridized carbons (Fsp3) is 0.0952. The Labute approximate surface area is 182 Å². The maximum absolute atomic E-state index is 14.0. The van der Waals surface area contributed by atoms with E-state index in [2.05, 4.69) is 27.9 Å². The maximum atomic E-state index is 14.0. The molecule has 0 aliphatic rings. The molecule has 3 aromatic carbocycles. The zero-order valence-electron chi connectivity index (χ0n) is 15.5. The average molecular weight is 524 g/mol. The Hall–Kier alpha value is -2.46. The molecule has 0 bridgehead atoms. The second-order valence-corrected chi connectivity index (χ2v) is 9.52. The normalized spacial score (nSPS) is 11.1. The van der Waals surface area contributed by atoms with Gasteiger partial charge in [0.2, 0.25) is 10.0 Å². The van der Waals surface area contributed by atoms with Gasteiger partial charge in [-0.3, -0.25) is 9.10 Å². The zero-order valence-corrected chi connectivity index (χ0v) is 18.4. The molecule has 0 spiro atoms. The molecule has 0 aromatic heterocycles. The van der Waals surface area contributed by atoms with E-state index >= 15 is 0 Å². The minimum atomic E-state index is -3.65. The van der Waals surface area contributed by atoms with Gasteiger partial charge in [-0.1, -0.05) is 18.2 Å². The van der Waals surface area contributed by atoms with Crippen LogP contribution >= 0.6 is 22.6 Å². The van der Waals surface area contributed by atoms with Crippen LogP contribution in [0.15, 0.2) is 72.8 Å². The van der Waals surface area contributed by atoms with Crippen LogP contribution in [0.3, 0.4) is 0 Å². The lowest BCUT2D eigenvalue weighted by molar-refractivity contribution is 0.102. The van der Waals surface area contributed by atoms with Gasteiger partial charge < -0.3 is 5.32 Å². The number of sulfonamides is 1. The van der Waals surface area contributed by atoms with Crippen molar-refractivity contribution in [2.45, 2.75) is 6.54 Å². The summed E-state index contributed by atoms with van der Waals surface area (Å²) in [6.07, 6.45) is 1.06. The van der Waals surface area contributed by atoms with Crippen molar-refractivity contribution in [3.05, 3.63) is 93.3 Å². The van der Waals surface area contributed by atoms with Crippen molar-refractivity contribution in [2.24, 2.45) is 0 Å². The van der Waals surface area contributed by atoms with E-state index in [0.717, 1.165) is 14.1 Å². The molecule has 3 rings (SSSR count). The largest absolute Gasteiger partial charge is 0.322 e. The molecule has 0 radical (unpaired) electrons. The molecule has 3 aromatic rings. The van der Waals surface area contributed by atoms with Gasteiger partial charge >= 0.3 is 0 Å². The lowest BCUT2D eigenvalue weighted by Crippen LogP contribution is -2.29. The van der Waals surface area contributed by atoms with E-state index in [1.54, 1.807) is 24.3 Å². The number of hydrogen-bond donors (Lipinski definition) is 1. The molecule has 0 saturated carbocycles. The van der Waals surface area contributed by atoms with Crippen LogP contribution in [0.5, 0.6) is 0 Å². The van der Waals surface area contributed by atoms with Crippen molar-refractivity contribution < 1.29 is 17.6 Å². The Morgan fingerprint density at radius 1 is 1.00 bits per heavy atom. The van der Waals surface area contributed by atoms with Crippen LogP contribution in [-0.4, -0.2) is 20.6 Å². The zero-order chi connectivity index (χ0) is 21.0. The molecule has 0 heterocycles. The highest BCUT2D eigenvalue weighted by Gasteiger charge is 2.20. The van der Waals surface area contributed by atoms with Crippen molar-refractivity contribution in [2.75, 3.05) is 15.9 Å². The second-order valence-electron chi connectivity index (χ2n) is 6.37. The summed E-state index contributed by atoms with van der Waals surface area (Å²) in [6.45, 7) is -0.139. The van der Waals surface area contributed by atoms with Gasteiger partial charge in [0.05, 0.1) is 18.5 Å². The van der Waals surface area contributed by atoms with Crippen molar-refractivity contribution in [3.8, 4) is 0 Å². The molecular weight excluding hydrogens is 506 g/mol. The summed E-state index contributed by atoms with van der Waals surface area (Å²) >= 11 is 2.18. The molecular formula is C21H18FIN2O3S. The fourth-order valence-corrected chi connectivity index (χ4v) is 3.93. The third-order valence-corrected chi connectivity index (χ3v) is 6.05. The van der Waals surface area contributed by atoms with Crippen molar-refractivity contribution in [3.63, 3.8) is 0 Å². The number of carbonyl (C=O) groups excluding carboxylic acids is 1. The number of anilines is 2. The van der Waals surface area contributed by atoms with E-state index < -0.39 is 15.8 Å². The monoisotopic (exact) mass is 524 g/mol. The summed E-state index contributed by atoms with van der Waals surface area (Å²) in [5, 5.41) is 2.79. The van der Waals surface area contributed by atoms with Gasteiger partial charge in [-0.25, -0.2) is 12.8 Å². The first-order chi connectivity index (χ1) is 13.7. The Bertz CT molecular complexity index is 1120. The minimum Gasteiger partial charge on any atom is -0.322 e. The highest BCUT2D eigenvalue weighted by atomic mass is 127. The molecule has 150 valence electrons. The second kappa shape index (κ2) is 8.91. The van der Waals surface area contributed by atoms with Gasteiger partial charge in [0.15, 0.2) is 0 Å². The summed E-state index contributed by atoms with van der Waals surface area (Å²) in [5.41, 5.74) is 1.66. The van der Waals surface area contributed by atoms with E-state index in [0.29, 0.717) is 16.9 Å². The van der Waals surface area contributed by atoms with Crippen LogP contribution in [0.2, 0.25) is 0 Å². The topological polar surface area (TPSA) is 66.5 Å². The molecule has 5 nitrogen and oxygen atoms in total. The Kier molecular flexibility index (Phi) is 6.53. The quantitative estimate of drug-likeness (QED) is 0.478. The van der Waals surface area contributed by atoms with Gasteiger partial charge in [-0.05, 0) is 77.2 Å². The minimum absolute atomic E-state index is 0.139. The van der Waals surface area contributed by atoms with Crippen LogP contribution < -0.4 is 9.62 Å². The number of nitrogens with one attached hydrogen (secondary N) is 1. The molecule has 0 aliphatic heterocycles. The number of carbonyl (C=O) groups is 1. The maximum Gasteiger partial charge on any atom is 0.255 e. The van der Waals surface area contributed by atoms with Crippen LogP contribution in [0, 0.1) is 9.39 Å². The summed E-state index contributed by atoms with van der Waals surface area (Å²) in [4.78, 5) is 12.4. The molecule has 0 atom stereocenters. The van der Waals surface area contributed by atoms with Crippen molar-refractivity contribution in [1.82, 2.24) is 0 Å². The predicted molar refractivity (Wildman–Crippen MR) is 121 cm³/mol. The van der Waals surface area contributed by atoms with E-state index in [1.807, 2.05) is 12.1 Å². The van der Waals surface area contributed by atoms with Gasteiger partial charge in [0.1, 0.15) is 5.82 Å². The summed E-state index contributed by atoms with van der Waals surface area (Å²) in [6, 6.07) is 19.5.